The van der Waals surface area contributed by atoms with Crippen molar-refractivity contribution in [3.05, 3.63) is 58.9 Å². The van der Waals surface area contributed by atoms with E-state index in [9.17, 15) is 4.79 Å². The summed E-state index contributed by atoms with van der Waals surface area (Å²) in [6.45, 7) is 0.482. The lowest BCUT2D eigenvalue weighted by molar-refractivity contribution is -0.0680. The van der Waals surface area contributed by atoms with Gasteiger partial charge in [-0.3, -0.25) is 9.36 Å². The van der Waals surface area contributed by atoms with Crippen molar-refractivity contribution >= 4 is 16.9 Å². The van der Waals surface area contributed by atoms with Gasteiger partial charge in [0.2, 0.25) is 5.95 Å². The number of nitrogen functional groups attached to an aromatic ring is 1. The van der Waals surface area contributed by atoms with Crippen LogP contribution < -0.4 is 11.3 Å². The maximum absolute atomic E-state index is 13.1. The predicted octanol–water partition coefficient (Wildman–Crippen LogP) is 4.53. The smallest absolute Gasteiger partial charge is 0.262 e. The fourth-order valence-electron chi connectivity index (χ4n) is 5.02. The van der Waals surface area contributed by atoms with E-state index in [1.54, 1.807) is 4.57 Å². The lowest BCUT2D eigenvalue weighted by Crippen LogP contribution is -2.34. The number of aromatic nitrogens is 2. The molecule has 0 bridgehead atoms. The molecule has 29 heavy (non-hydrogen) atoms. The average Bonchev–Trinajstić information content (AvgIpc) is 3.13. The molecule has 2 heterocycles. The number of benzene rings is 2. The van der Waals surface area contributed by atoms with Crippen LogP contribution in [0.1, 0.15) is 44.9 Å². The third-order valence-electron chi connectivity index (χ3n) is 6.58. The highest BCUT2D eigenvalue weighted by Crippen LogP contribution is 2.42. The first-order valence-corrected chi connectivity index (χ1v) is 10.7. The number of rotatable bonds is 3. The molecule has 1 aliphatic carbocycles. The summed E-state index contributed by atoms with van der Waals surface area (Å²) < 4.78 is 8.04. The highest BCUT2D eigenvalue weighted by molar-refractivity contribution is 5.84. The molecule has 2 fully saturated rings. The Morgan fingerprint density at radius 1 is 1.03 bits per heavy atom. The summed E-state index contributed by atoms with van der Waals surface area (Å²) in [4.78, 5) is 17.7. The number of anilines is 1. The molecule has 1 unspecified atom stereocenters. The summed E-state index contributed by atoms with van der Waals surface area (Å²) in [5.41, 5.74) is 8.94. The zero-order valence-corrected chi connectivity index (χ0v) is 16.6. The fourth-order valence-corrected chi connectivity index (χ4v) is 5.02. The third kappa shape index (κ3) is 3.44. The molecule has 1 spiro atoms. The molecule has 0 radical (unpaired) electrons. The second kappa shape index (κ2) is 7.30. The molecule has 1 atom stereocenters. The van der Waals surface area contributed by atoms with E-state index in [0.29, 0.717) is 17.4 Å². The molecule has 0 amide bonds. The van der Waals surface area contributed by atoms with E-state index in [-0.39, 0.29) is 23.2 Å². The zero-order valence-electron chi connectivity index (χ0n) is 16.6. The first-order chi connectivity index (χ1) is 14.1. The molecule has 2 aromatic carbocycles. The van der Waals surface area contributed by atoms with Gasteiger partial charge in [-0.1, -0.05) is 55.7 Å². The molecule has 1 aliphatic heterocycles. The van der Waals surface area contributed by atoms with Crippen molar-refractivity contribution in [1.82, 2.24) is 9.55 Å². The number of nitrogens with zero attached hydrogens (tertiary/aromatic N) is 2. The van der Waals surface area contributed by atoms with Gasteiger partial charge in [-0.25, -0.2) is 4.98 Å². The Morgan fingerprint density at radius 2 is 1.83 bits per heavy atom. The van der Waals surface area contributed by atoms with Crippen molar-refractivity contribution in [3.63, 3.8) is 0 Å². The summed E-state index contributed by atoms with van der Waals surface area (Å²) in [6.07, 6.45) is 8.20. The maximum Gasteiger partial charge on any atom is 0.262 e. The average molecular weight is 389 g/mol. The minimum atomic E-state index is -0.0831. The number of hydrogen-bond acceptors (Lipinski definition) is 4. The fraction of sp³-hybridized carbons (Fsp3) is 0.417. The highest BCUT2D eigenvalue weighted by atomic mass is 16.5. The molecule has 1 saturated carbocycles. The molecule has 3 aromatic rings. The topological polar surface area (TPSA) is 70.1 Å². The summed E-state index contributed by atoms with van der Waals surface area (Å²) >= 11 is 0. The van der Waals surface area contributed by atoms with Gasteiger partial charge in [0.05, 0.1) is 29.2 Å². The quantitative estimate of drug-likeness (QED) is 0.715. The van der Waals surface area contributed by atoms with Crippen LogP contribution in [0.3, 0.4) is 0 Å². The van der Waals surface area contributed by atoms with E-state index in [2.05, 4.69) is 4.98 Å². The predicted molar refractivity (Wildman–Crippen MR) is 116 cm³/mol. The molecule has 1 aromatic heterocycles. The van der Waals surface area contributed by atoms with Crippen molar-refractivity contribution in [2.75, 3.05) is 5.73 Å². The van der Waals surface area contributed by atoms with E-state index in [0.717, 1.165) is 36.8 Å². The first kappa shape index (κ1) is 18.4. The Morgan fingerprint density at radius 3 is 2.62 bits per heavy atom. The summed E-state index contributed by atoms with van der Waals surface area (Å²) in [5, 5.41) is 0.601. The molecular weight excluding hydrogens is 362 g/mol. The van der Waals surface area contributed by atoms with Gasteiger partial charge < -0.3 is 10.5 Å². The van der Waals surface area contributed by atoms with Crippen LogP contribution in [0.15, 0.2) is 53.3 Å². The van der Waals surface area contributed by atoms with E-state index in [1.165, 1.54) is 19.3 Å². The second-order valence-corrected chi connectivity index (χ2v) is 8.51. The van der Waals surface area contributed by atoms with Crippen molar-refractivity contribution < 1.29 is 4.74 Å². The molecule has 5 nitrogen and oxygen atoms in total. The standard InChI is InChI=1S/C24H27N3O2/c25-23-26-21-15-18(17-7-3-1-4-8-17)9-10-20(21)22(28)27(23)16-19-11-14-24(29-19)12-5-2-6-13-24/h1,3-4,7-10,15,19H,2,5-6,11-14,16H2,(H2,25,26). The van der Waals surface area contributed by atoms with Gasteiger partial charge in [-0.2, -0.15) is 0 Å². The Labute approximate surface area is 170 Å². The second-order valence-electron chi connectivity index (χ2n) is 8.51. The van der Waals surface area contributed by atoms with E-state index >= 15 is 0 Å². The summed E-state index contributed by atoms with van der Waals surface area (Å²) in [7, 11) is 0. The lowest BCUT2D eigenvalue weighted by atomic mass is 9.83. The lowest BCUT2D eigenvalue weighted by Gasteiger charge is -2.33. The van der Waals surface area contributed by atoms with Gasteiger partial charge in [-0.15, -0.1) is 0 Å². The van der Waals surface area contributed by atoms with Gasteiger partial charge in [0.15, 0.2) is 0 Å². The van der Waals surface area contributed by atoms with Crippen LogP contribution in [0, 0.1) is 0 Å². The van der Waals surface area contributed by atoms with Crippen LogP contribution in [-0.4, -0.2) is 21.3 Å². The Hall–Kier alpha value is -2.66. The van der Waals surface area contributed by atoms with Crippen LogP contribution in [0.4, 0.5) is 5.95 Å². The molecule has 2 N–H and O–H groups in total. The first-order valence-electron chi connectivity index (χ1n) is 10.7. The van der Waals surface area contributed by atoms with Gasteiger partial charge in [0.25, 0.3) is 5.56 Å². The van der Waals surface area contributed by atoms with Crippen molar-refractivity contribution in [3.8, 4) is 11.1 Å². The Bertz CT molecular complexity index is 1080. The Balaban J connectivity index is 1.44. The van der Waals surface area contributed by atoms with Gasteiger partial charge in [0, 0.05) is 0 Å². The zero-order chi connectivity index (χ0) is 19.8. The van der Waals surface area contributed by atoms with Crippen LogP contribution >= 0.6 is 0 Å². The van der Waals surface area contributed by atoms with E-state index < -0.39 is 0 Å². The summed E-state index contributed by atoms with van der Waals surface area (Å²) in [5.74, 6) is 0.265. The maximum atomic E-state index is 13.1. The van der Waals surface area contributed by atoms with Crippen LogP contribution in [-0.2, 0) is 11.3 Å². The van der Waals surface area contributed by atoms with Crippen molar-refractivity contribution in [2.24, 2.45) is 0 Å². The minimum absolute atomic E-state index is 0.0378. The molecule has 150 valence electrons. The number of nitrogens with two attached hydrogens (primary N) is 1. The molecule has 1 saturated heterocycles. The van der Waals surface area contributed by atoms with Crippen molar-refractivity contribution in [1.29, 1.82) is 0 Å². The van der Waals surface area contributed by atoms with Gasteiger partial charge in [0.1, 0.15) is 0 Å². The van der Waals surface area contributed by atoms with Crippen molar-refractivity contribution in [2.45, 2.75) is 63.2 Å². The van der Waals surface area contributed by atoms with Crippen LogP contribution in [0.5, 0.6) is 0 Å². The van der Waals surface area contributed by atoms with Crippen LogP contribution in [0.25, 0.3) is 22.0 Å². The number of hydrogen-bond donors (Lipinski definition) is 1. The SMILES string of the molecule is Nc1nc2cc(-c3ccccc3)ccc2c(=O)n1CC1CCC2(CCCCC2)O1. The van der Waals surface area contributed by atoms with Crippen LogP contribution in [0.2, 0.25) is 0 Å². The molecule has 5 heteroatoms. The largest absolute Gasteiger partial charge is 0.370 e. The highest BCUT2D eigenvalue weighted by Gasteiger charge is 2.41. The molecule has 5 rings (SSSR count). The minimum Gasteiger partial charge on any atom is -0.370 e. The molecule has 2 aliphatic rings. The molecular formula is C24H27N3O2. The summed E-state index contributed by atoms with van der Waals surface area (Å²) in [6, 6.07) is 15.9. The van der Waals surface area contributed by atoms with E-state index in [4.69, 9.17) is 10.5 Å². The normalized spacial score (nSPS) is 21.0. The van der Waals surface area contributed by atoms with E-state index in [1.807, 2.05) is 48.5 Å². The third-order valence-corrected chi connectivity index (χ3v) is 6.58. The number of fused-ring (bicyclic) bond motifs is 1. The van der Waals surface area contributed by atoms with Gasteiger partial charge >= 0.3 is 0 Å². The van der Waals surface area contributed by atoms with Gasteiger partial charge in [-0.05, 0) is 48.9 Å². The number of ether oxygens (including phenoxy) is 1. The monoisotopic (exact) mass is 389 g/mol. The Kier molecular flexibility index (Phi) is 4.63.